The van der Waals surface area contributed by atoms with E-state index >= 15 is 0 Å². The van der Waals surface area contributed by atoms with E-state index in [1.807, 2.05) is 33.8 Å². The Hall–Kier alpha value is -0.920. The van der Waals surface area contributed by atoms with Crippen LogP contribution in [-0.4, -0.2) is 11.5 Å². The van der Waals surface area contributed by atoms with Gasteiger partial charge in [0, 0.05) is 11.9 Å². The summed E-state index contributed by atoms with van der Waals surface area (Å²) in [5, 5.41) is 0. The van der Waals surface area contributed by atoms with Gasteiger partial charge in [0.05, 0.1) is 0 Å². The average molecular weight is 138 g/mol. The normalized spacial score (nSPS) is 12.2. The Kier molecular flexibility index (Phi) is 4.46. The minimum Gasteiger partial charge on any atom is -0.243 e. The van der Waals surface area contributed by atoms with Crippen LogP contribution in [0.15, 0.2) is 22.3 Å². The van der Waals surface area contributed by atoms with Gasteiger partial charge in [-0.25, -0.2) is 9.98 Å². The lowest BCUT2D eigenvalue weighted by Gasteiger charge is -1.88. The molecule has 10 heavy (non-hydrogen) atoms. The van der Waals surface area contributed by atoms with Gasteiger partial charge < -0.3 is 0 Å². The Morgan fingerprint density at radius 1 is 1.20 bits per heavy atom. The largest absolute Gasteiger partial charge is 0.243 e. The third-order valence-electron chi connectivity index (χ3n) is 0.796. The van der Waals surface area contributed by atoms with Crippen LogP contribution >= 0.6 is 0 Å². The second-order valence-electron chi connectivity index (χ2n) is 2.22. The molecule has 0 radical (unpaired) electrons. The van der Waals surface area contributed by atoms with Gasteiger partial charge >= 0.3 is 0 Å². The second-order valence-corrected chi connectivity index (χ2v) is 2.22. The van der Waals surface area contributed by atoms with E-state index in [-0.39, 0.29) is 0 Å². The van der Waals surface area contributed by atoms with Crippen LogP contribution < -0.4 is 0 Å². The molecule has 0 bridgehead atoms. The molecule has 0 aliphatic carbocycles. The minimum absolute atomic E-state index is 0.804. The Balaban J connectivity index is 4.08. The highest BCUT2D eigenvalue weighted by molar-refractivity contribution is 5.94. The highest BCUT2D eigenvalue weighted by Gasteiger charge is 1.81. The lowest BCUT2D eigenvalue weighted by atomic mass is 10.5. The van der Waals surface area contributed by atoms with Crippen LogP contribution in [0, 0.1) is 0 Å². The first kappa shape index (κ1) is 9.08. The molecule has 2 nitrogen and oxygen atoms in total. The fraction of sp³-hybridized carbons (Fsp3) is 0.500. The van der Waals surface area contributed by atoms with E-state index in [9.17, 15) is 0 Å². The maximum absolute atomic E-state index is 4.13. The van der Waals surface area contributed by atoms with Crippen LogP contribution in [0.3, 0.4) is 0 Å². The van der Waals surface area contributed by atoms with Crippen molar-refractivity contribution in [3.63, 3.8) is 0 Å². The lowest BCUT2D eigenvalue weighted by molar-refractivity contribution is 1.43. The Morgan fingerprint density at radius 2 is 1.80 bits per heavy atom. The molecule has 0 rings (SSSR count). The smallest absolute Gasteiger partial charge is 0.125 e. The van der Waals surface area contributed by atoms with Crippen LogP contribution in [0.1, 0.15) is 27.7 Å². The zero-order valence-electron chi connectivity index (χ0n) is 7.05. The third kappa shape index (κ3) is 5.22. The standard InChI is InChI=1S/C8H14N2/c1-5-6-9-8(4)10-7(2)3/h5-6H,1-4H3/b6-5-,9-8?. The topological polar surface area (TPSA) is 24.7 Å². The summed E-state index contributed by atoms with van der Waals surface area (Å²) >= 11 is 0. The van der Waals surface area contributed by atoms with Gasteiger partial charge in [-0.2, -0.15) is 0 Å². The average Bonchev–Trinajstić information content (AvgIpc) is 1.82. The number of hydrogen-bond acceptors (Lipinski definition) is 1. The molecule has 0 saturated heterocycles. The number of aliphatic imine (C=N–C) groups is 2. The van der Waals surface area contributed by atoms with Gasteiger partial charge in [-0.05, 0) is 27.7 Å². The monoisotopic (exact) mass is 138 g/mol. The fourth-order valence-corrected chi connectivity index (χ4v) is 0.535. The summed E-state index contributed by atoms with van der Waals surface area (Å²) in [5.41, 5.74) is 1.03. The number of hydrogen-bond donors (Lipinski definition) is 0. The summed E-state index contributed by atoms with van der Waals surface area (Å²) in [7, 11) is 0. The molecule has 2 heteroatoms. The molecule has 0 aliphatic rings. The van der Waals surface area contributed by atoms with Gasteiger partial charge in [0.15, 0.2) is 0 Å². The SMILES string of the molecule is C/C=C\N=C(C)N=C(C)C. The van der Waals surface area contributed by atoms with E-state index < -0.39 is 0 Å². The van der Waals surface area contributed by atoms with Crippen molar-refractivity contribution in [1.29, 1.82) is 0 Å². The van der Waals surface area contributed by atoms with Crippen molar-refractivity contribution in [1.82, 2.24) is 0 Å². The second kappa shape index (κ2) is 4.91. The first-order valence-corrected chi connectivity index (χ1v) is 3.34. The Bertz CT molecular complexity index is 172. The molecular weight excluding hydrogens is 124 g/mol. The number of nitrogens with zero attached hydrogens (tertiary/aromatic N) is 2. The van der Waals surface area contributed by atoms with Crippen molar-refractivity contribution in [2.45, 2.75) is 27.7 Å². The summed E-state index contributed by atoms with van der Waals surface area (Å²) < 4.78 is 0. The molecule has 0 amide bonds. The predicted octanol–water partition coefficient (Wildman–Crippen LogP) is 2.42. The van der Waals surface area contributed by atoms with E-state index in [0.29, 0.717) is 0 Å². The number of rotatable bonds is 1. The van der Waals surface area contributed by atoms with Crippen LogP contribution in [0.25, 0.3) is 0 Å². The molecular formula is C8H14N2. The molecule has 56 valence electrons. The van der Waals surface area contributed by atoms with E-state index in [4.69, 9.17) is 0 Å². The lowest BCUT2D eigenvalue weighted by Crippen LogP contribution is -1.89. The molecule has 0 fully saturated rings. The first-order valence-electron chi connectivity index (χ1n) is 3.34. The van der Waals surface area contributed by atoms with Gasteiger partial charge in [0.1, 0.15) is 5.84 Å². The van der Waals surface area contributed by atoms with Crippen molar-refractivity contribution in [2.75, 3.05) is 0 Å². The quantitative estimate of drug-likeness (QED) is 0.392. The summed E-state index contributed by atoms with van der Waals surface area (Å²) in [6.07, 6.45) is 3.62. The molecule has 0 heterocycles. The van der Waals surface area contributed by atoms with Crippen LogP contribution in [0.5, 0.6) is 0 Å². The minimum atomic E-state index is 0.804. The molecule has 0 aromatic heterocycles. The molecule has 0 atom stereocenters. The number of allylic oxidation sites excluding steroid dienone is 1. The van der Waals surface area contributed by atoms with Crippen LogP contribution in [0.4, 0.5) is 0 Å². The van der Waals surface area contributed by atoms with Crippen molar-refractivity contribution in [2.24, 2.45) is 9.98 Å². The van der Waals surface area contributed by atoms with Gasteiger partial charge in [-0.15, -0.1) is 0 Å². The zero-order valence-corrected chi connectivity index (χ0v) is 7.05. The van der Waals surface area contributed by atoms with Crippen molar-refractivity contribution in [3.8, 4) is 0 Å². The summed E-state index contributed by atoms with van der Waals surface area (Å²) in [5.74, 6) is 0.804. The van der Waals surface area contributed by atoms with Crippen LogP contribution in [0.2, 0.25) is 0 Å². The van der Waals surface area contributed by atoms with Gasteiger partial charge in [0.2, 0.25) is 0 Å². The molecule has 0 unspecified atom stereocenters. The van der Waals surface area contributed by atoms with Crippen molar-refractivity contribution < 1.29 is 0 Å². The Labute approximate surface area is 62.4 Å². The van der Waals surface area contributed by atoms with Gasteiger partial charge in [-0.3, -0.25) is 0 Å². The molecule has 0 aromatic carbocycles. The van der Waals surface area contributed by atoms with E-state index in [2.05, 4.69) is 9.98 Å². The van der Waals surface area contributed by atoms with Gasteiger partial charge in [0.25, 0.3) is 0 Å². The predicted molar refractivity (Wildman–Crippen MR) is 46.7 cm³/mol. The zero-order chi connectivity index (χ0) is 7.98. The summed E-state index contributed by atoms with van der Waals surface area (Å²) in [6.45, 7) is 7.72. The first-order chi connectivity index (χ1) is 4.66. The van der Waals surface area contributed by atoms with E-state index in [1.165, 1.54) is 0 Å². The molecule has 0 N–H and O–H groups in total. The molecule has 0 spiro atoms. The fourth-order valence-electron chi connectivity index (χ4n) is 0.535. The summed E-state index contributed by atoms with van der Waals surface area (Å²) in [4.78, 5) is 8.16. The number of amidine groups is 1. The van der Waals surface area contributed by atoms with E-state index in [0.717, 1.165) is 11.5 Å². The highest BCUT2D eigenvalue weighted by Crippen LogP contribution is 1.84. The van der Waals surface area contributed by atoms with Crippen molar-refractivity contribution in [3.05, 3.63) is 12.3 Å². The molecule has 0 aliphatic heterocycles. The Morgan fingerprint density at radius 3 is 2.20 bits per heavy atom. The third-order valence-corrected chi connectivity index (χ3v) is 0.796. The maximum atomic E-state index is 4.13. The van der Waals surface area contributed by atoms with Crippen molar-refractivity contribution >= 4 is 11.5 Å². The van der Waals surface area contributed by atoms with E-state index in [1.54, 1.807) is 6.20 Å². The molecule has 0 saturated carbocycles. The maximum Gasteiger partial charge on any atom is 0.125 e. The highest BCUT2D eigenvalue weighted by atomic mass is 14.9. The van der Waals surface area contributed by atoms with Gasteiger partial charge in [-0.1, -0.05) is 6.08 Å². The molecule has 0 aromatic rings. The van der Waals surface area contributed by atoms with Crippen LogP contribution in [-0.2, 0) is 0 Å². The summed E-state index contributed by atoms with van der Waals surface area (Å²) in [6, 6.07) is 0.